The van der Waals surface area contributed by atoms with E-state index in [0.29, 0.717) is 6.54 Å². The van der Waals surface area contributed by atoms with Gasteiger partial charge in [-0.2, -0.15) is 0 Å². The molecule has 0 bridgehead atoms. The van der Waals surface area contributed by atoms with Crippen molar-refractivity contribution in [3.63, 3.8) is 0 Å². The van der Waals surface area contributed by atoms with Crippen molar-refractivity contribution >= 4 is 12.0 Å². The summed E-state index contributed by atoms with van der Waals surface area (Å²) in [6.07, 6.45) is 13.3. The first-order valence-corrected chi connectivity index (χ1v) is 9.93. The van der Waals surface area contributed by atoms with E-state index in [4.69, 9.17) is 0 Å². The van der Waals surface area contributed by atoms with Gasteiger partial charge in [-0.05, 0) is 43.3 Å². The summed E-state index contributed by atoms with van der Waals surface area (Å²) in [5.41, 5.74) is 1.53. The molecule has 1 atom stereocenters. The smallest absolute Gasteiger partial charge is 0.223 e. The minimum absolute atomic E-state index is 0.224. The van der Waals surface area contributed by atoms with Gasteiger partial charge in [0.15, 0.2) is 0 Å². The number of aromatic nitrogens is 2. The van der Waals surface area contributed by atoms with Crippen molar-refractivity contribution in [3.8, 4) is 0 Å². The molecule has 27 heavy (non-hydrogen) atoms. The highest BCUT2D eigenvalue weighted by Crippen LogP contribution is 2.59. The summed E-state index contributed by atoms with van der Waals surface area (Å²) in [4.78, 5) is 19.0. The summed E-state index contributed by atoms with van der Waals surface area (Å²) in [7, 11) is 0. The molecular formula is C22H28N4O. The largest absolute Gasteiger partial charge is 0.354 e. The van der Waals surface area contributed by atoms with Crippen LogP contribution in [0, 0.1) is 11.3 Å². The zero-order valence-corrected chi connectivity index (χ0v) is 15.8. The van der Waals surface area contributed by atoms with Crippen LogP contribution in [-0.2, 0) is 11.3 Å². The van der Waals surface area contributed by atoms with Gasteiger partial charge in [0.2, 0.25) is 5.91 Å². The number of hydrogen-bond acceptors (Lipinski definition) is 3. The van der Waals surface area contributed by atoms with Crippen LogP contribution in [0.4, 0.5) is 0 Å². The number of amides is 1. The van der Waals surface area contributed by atoms with Crippen LogP contribution >= 0.6 is 0 Å². The van der Waals surface area contributed by atoms with Gasteiger partial charge in [-0.3, -0.25) is 9.69 Å². The fraction of sp³-hybridized carbons (Fsp3) is 0.455. The van der Waals surface area contributed by atoms with Crippen LogP contribution in [0.5, 0.6) is 0 Å². The molecule has 2 heterocycles. The maximum atomic E-state index is 12.5. The number of imidazole rings is 1. The molecule has 1 N–H and O–H groups in total. The molecule has 2 aromatic rings. The molecular weight excluding hydrogens is 336 g/mol. The van der Waals surface area contributed by atoms with Crippen molar-refractivity contribution in [2.24, 2.45) is 11.3 Å². The number of hydrogen-bond donors (Lipinski definition) is 1. The van der Waals surface area contributed by atoms with Gasteiger partial charge >= 0.3 is 0 Å². The summed E-state index contributed by atoms with van der Waals surface area (Å²) in [6.45, 7) is 4.65. The van der Waals surface area contributed by atoms with Crippen molar-refractivity contribution in [1.29, 1.82) is 0 Å². The van der Waals surface area contributed by atoms with E-state index in [1.165, 1.54) is 5.56 Å². The van der Waals surface area contributed by atoms with Crippen LogP contribution in [0.2, 0.25) is 0 Å². The van der Waals surface area contributed by atoms with Gasteiger partial charge in [-0.1, -0.05) is 42.5 Å². The molecule has 2 aliphatic rings. The van der Waals surface area contributed by atoms with Gasteiger partial charge in [-0.15, -0.1) is 0 Å². The second kappa shape index (κ2) is 8.09. The van der Waals surface area contributed by atoms with E-state index >= 15 is 0 Å². The molecule has 1 aromatic carbocycles. The predicted molar refractivity (Wildman–Crippen MR) is 107 cm³/mol. The molecule has 5 nitrogen and oxygen atoms in total. The topological polar surface area (TPSA) is 50.2 Å². The summed E-state index contributed by atoms with van der Waals surface area (Å²) < 4.78 is 1.99. The fourth-order valence-electron chi connectivity index (χ4n) is 4.20. The van der Waals surface area contributed by atoms with Crippen molar-refractivity contribution in [2.75, 3.05) is 26.2 Å². The normalized spacial score (nSPS) is 21.6. The van der Waals surface area contributed by atoms with Crippen LogP contribution in [-0.4, -0.2) is 46.5 Å². The average Bonchev–Trinajstić information content (AvgIpc) is 3.14. The van der Waals surface area contributed by atoms with Crippen molar-refractivity contribution in [3.05, 3.63) is 60.7 Å². The molecule has 1 aromatic heterocycles. The highest BCUT2D eigenvalue weighted by atomic mass is 16.2. The quantitative estimate of drug-likeness (QED) is 0.822. The summed E-state index contributed by atoms with van der Waals surface area (Å²) >= 11 is 0. The molecule has 1 saturated carbocycles. The molecule has 0 radical (unpaired) electrons. The number of likely N-dealkylation sites (tertiary alicyclic amines) is 1. The van der Waals surface area contributed by atoms with E-state index in [9.17, 15) is 4.79 Å². The summed E-state index contributed by atoms with van der Waals surface area (Å²) in [6, 6.07) is 10.4. The third kappa shape index (κ3) is 4.48. The Labute approximate surface area is 161 Å². The molecule has 5 heteroatoms. The summed E-state index contributed by atoms with van der Waals surface area (Å²) in [5, 5.41) is 3.11. The third-order valence-electron chi connectivity index (χ3n) is 6.06. The SMILES string of the molecule is O=C(NCCn1ccnc1)C1CC12CCN(CC=Cc1ccccc1)CC2. The molecule has 1 amide bonds. The number of piperidine rings is 1. The number of nitrogens with one attached hydrogen (secondary N) is 1. The van der Waals surface area contributed by atoms with Crippen LogP contribution < -0.4 is 5.32 Å². The molecule has 2 fully saturated rings. The van der Waals surface area contributed by atoms with E-state index in [0.717, 1.165) is 45.4 Å². The molecule has 1 unspecified atom stereocenters. The second-order valence-electron chi connectivity index (χ2n) is 7.82. The number of carbonyl (C=O) groups excluding carboxylic acids is 1. The number of rotatable bonds is 7. The number of nitrogens with zero attached hydrogens (tertiary/aromatic N) is 3. The molecule has 1 saturated heterocycles. The highest BCUT2D eigenvalue weighted by molar-refractivity contribution is 5.82. The molecule has 4 rings (SSSR count). The predicted octanol–water partition coefficient (Wildman–Crippen LogP) is 2.81. The lowest BCUT2D eigenvalue weighted by Gasteiger charge is -2.32. The Bertz CT molecular complexity index is 761. The zero-order chi connectivity index (χ0) is 18.5. The Morgan fingerprint density at radius 1 is 1.26 bits per heavy atom. The minimum Gasteiger partial charge on any atom is -0.354 e. The lowest BCUT2D eigenvalue weighted by molar-refractivity contribution is -0.123. The minimum atomic E-state index is 0.224. The van der Waals surface area contributed by atoms with Crippen molar-refractivity contribution < 1.29 is 4.79 Å². The third-order valence-corrected chi connectivity index (χ3v) is 6.06. The maximum absolute atomic E-state index is 12.5. The van der Waals surface area contributed by atoms with E-state index in [2.05, 4.69) is 51.6 Å². The van der Waals surface area contributed by atoms with Gasteiger partial charge in [0.1, 0.15) is 0 Å². The maximum Gasteiger partial charge on any atom is 0.223 e. The van der Waals surface area contributed by atoms with Crippen molar-refractivity contribution in [2.45, 2.75) is 25.8 Å². The lowest BCUT2D eigenvalue weighted by atomic mass is 9.90. The number of carbonyl (C=O) groups is 1. The lowest BCUT2D eigenvalue weighted by Crippen LogP contribution is -2.37. The van der Waals surface area contributed by atoms with Crippen LogP contribution in [0.25, 0.3) is 6.08 Å². The molecule has 1 spiro atoms. The summed E-state index contributed by atoms with van der Waals surface area (Å²) in [5.74, 6) is 0.467. The van der Waals surface area contributed by atoms with Crippen molar-refractivity contribution in [1.82, 2.24) is 19.8 Å². The molecule has 1 aliphatic carbocycles. The van der Waals surface area contributed by atoms with Crippen LogP contribution in [0.15, 0.2) is 55.1 Å². The van der Waals surface area contributed by atoms with Gasteiger partial charge < -0.3 is 9.88 Å². The Morgan fingerprint density at radius 2 is 2.07 bits per heavy atom. The van der Waals surface area contributed by atoms with Crippen LogP contribution in [0.1, 0.15) is 24.8 Å². The monoisotopic (exact) mass is 364 g/mol. The Hall–Kier alpha value is -2.40. The van der Waals surface area contributed by atoms with E-state index in [-0.39, 0.29) is 17.2 Å². The zero-order valence-electron chi connectivity index (χ0n) is 15.8. The van der Waals surface area contributed by atoms with Gasteiger partial charge in [-0.25, -0.2) is 4.98 Å². The second-order valence-corrected chi connectivity index (χ2v) is 7.82. The van der Waals surface area contributed by atoms with Gasteiger partial charge in [0.05, 0.1) is 6.33 Å². The van der Waals surface area contributed by atoms with Gasteiger partial charge in [0, 0.05) is 37.9 Å². The van der Waals surface area contributed by atoms with Gasteiger partial charge in [0.25, 0.3) is 0 Å². The highest BCUT2D eigenvalue weighted by Gasteiger charge is 2.58. The Balaban J connectivity index is 1.17. The Kier molecular flexibility index (Phi) is 5.39. The van der Waals surface area contributed by atoms with Crippen LogP contribution in [0.3, 0.4) is 0 Å². The molecule has 142 valence electrons. The first kappa shape index (κ1) is 18.0. The molecule has 1 aliphatic heterocycles. The van der Waals surface area contributed by atoms with E-state index in [1.54, 1.807) is 12.5 Å². The first-order valence-electron chi connectivity index (χ1n) is 9.93. The average molecular weight is 364 g/mol. The standard InChI is InChI=1S/C22H28N4O/c27-21(24-11-16-26-15-10-23-18-26)20-17-22(20)8-13-25(14-9-22)12-4-7-19-5-2-1-3-6-19/h1-7,10,15,18,20H,8-9,11-14,16-17H2,(H,24,27). The number of benzene rings is 1. The van der Waals surface area contributed by atoms with E-state index in [1.807, 2.05) is 16.8 Å². The Morgan fingerprint density at radius 3 is 2.81 bits per heavy atom. The fourth-order valence-corrected chi connectivity index (χ4v) is 4.20. The first-order chi connectivity index (χ1) is 13.3. The van der Waals surface area contributed by atoms with E-state index < -0.39 is 0 Å².